The largest absolute Gasteiger partial charge is 0.389 e. The van der Waals surface area contributed by atoms with Gasteiger partial charge in [0.25, 0.3) is 0 Å². The summed E-state index contributed by atoms with van der Waals surface area (Å²) in [6.07, 6.45) is 1.43. The average molecular weight is 285 g/mol. The van der Waals surface area contributed by atoms with Gasteiger partial charge in [-0.1, -0.05) is 23.8 Å². The van der Waals surface area contributed by atoms with E-state index in [0.717, 1.165) is 30.8 Å². The first-order valence-electron chi connectivity index (χ1n) is 6.02. The quantitative estimate of drug-likeness (QED) is 0.835. The molecule has 0 spiro atoms. The fourth-order valence-corrected chi connectivity index (χ4v) is 2.63. The summed E-state index contributed by atoms with van der Waals surface area (Å²) in [5.41, 5.74) is 7.27. The molecule has 1 aromatic carbocycles. The third kappa shape index (κ3) is 3.13. The number of nitrogens with two attached hydrogens (primary N) is 1. The topological polar surface area (TPSA) is 47.3 Å². The monoisotopic (exact) mass is 284 g/mol. The zero-order valence-corrected chi connectivity index (χ0v) is 11.9. The number of nitrogens with one attached hydrogen (secondary N) is 1. The van der Waals surface area contributed by atoms with Gasteiger partial charge in [0.1, 0.15) is 4.99 Å². The molecule has 1 aliphatic rings. The van der Waals surface area contributed by atoms with E-state index in [1.165, 1.54) is 0 Å². The second-order valence-electron chi connectivity index (χ2n) is 4.56. The Bertz CT molecular complexity index is 453. The van der Waals surface area contributed by atoms with Crippen LogP contribution in [0.1, 0.15) is 18.9 Å². The first kappa shape index (κ1) is 13.6. The minimum Gasteiger partial charge on any atom is -0.389 e. The van der Waals surface area contributed by atoms with Crippen LogP contribution in [0.25, 0.3) is 0 Å². The van der Waals surface area contributed by atoms with E-state index in [0.29, 0.717) is 22.0 Å². The molecule has 0 radical (unpaired) electrons. The van der Waals surface area contributed by atoms with Crippen LogP contribution in [0.4, 0.5) is 5.69 Å². The van der Waals surface area contributed by atoms with Gasteiger partial charge >= 0.3 is 0 Å². The molecule has 1 fully saturated rings. The van der Waals surface area contributed by atoms with Crippen molar-refractivity contribution in [3.63, 3.8) is 0 Å². The molecule has 2 unspecified atom stereocenters. The number of halogens is 1. The van der Waals surface area contributed by atoms with Crippen LogP contribution in [-0.4, -0.2) is 24.2 Å². The van der Waals surface area contributed by atoms with Crippen molar-refractivity contribution in [2.75, 3.05) is 18.5 Å². The van der Waals surface area contributed by atoms with Crippen molar-refractivity contribution in [3.8, 4) is 0 Å². The van der Waals surface area contributed by atoms with Gasteiger partial charge in [-0.25, -0.2) is 0 Å². The maximum Gasteiger partial charge on any atom is 0.105 e. The Morgan fingerprint density at radius 3 is 2.94 bits per heavy atom. The van der Waals surface area contributed by atoms with Crippen LogP contribution in [0.15, 0.2) is 18.2 Å². The van der Waals surface area contributed by atoms with E-state index in [4.69, 9.17) is 34.3 Å². The lowest BCUT2D eigenvalue weighted by Gasteiger charge is -2.16. The Morgan fingerprint density at radius 2 is 2.39 bits per heavy atom. The summed E-state index contributed by atoms with van der Waals surface area (Å²) in [5, 5.41) is 3.96. The molecular formula is C13H17ClN2OS. The Balaban J connectivity index is 1.98. The third-order valence-electron chi connectivity index (χ3n) is 3.34. The van der Waals surface area contributed by atoms with E-state index in [2.05, 4.69) is 12.2 Å². The number of hydrogen-bond acceptors (Lipinski definition) is 3. The van der Waals surface area contributed by atoms with Gasteiger partial charge in [0.2, 0.25) is 0 Å². The predicted molar refractivity (Wildman–Crippen MR) is 79.4 cm³/mol. The molecule has 0 amide bonds. The Labute approximate surface area is 118 Å². The Kier molecular flexibility index (Phi) is 4.43. The standard InChI is InChI=1S/C13H17ClN2OS/c1-8-9(4-5-17-8)7-16-10-2-3-11(13(15)18)12(14)6-10/h2-3,6,8-9,16H,4-5,7H2,1H3,(H2,15,18). The van der Waals surface area contributed by atoms with Gasteiger partial charge in [-0.2, -0.15) is 0 Å². The molecule has 0 aromatic heterocycles. The number of benzene rings is 1. The molecule has 2 rings (SSSR count). The normalized spacial score (nSPS) is 23.0. The summed E-state index contributed by atoms with van der Waals surface area (Å²) >= 11 is 11.0. The molecule has 1 saturated heterocycles. The number of thiocarbonyl (C=S) groups is 1. The molecule has 1 aliphatic heterocycles. The molecule has 0 saturated carbocycles. The van der Waals surface area contributed by atoms with Crippen molar-refractivity contribution in [2.24, 2.45) is 11.7 Å². The van der Waals surface area contributed by atoms with Crippen LogP contribution in [0.3, 0.4) is 0 Å². The Hall–Kier alpha value is -0.840. The van der Waals surface area contributed by atoms with Crippen molar-refractivity contribution in [3.05, 3.63) is 28.8 Å². The van der Waals surface area contributed by atoms with Gasteiger partial charge < -0.3 is 15.8 Å². The van der Waals surface area contributed by atoms with Gasteiger partial charge in [-0.3, -0.25) is 0 Å². The molecular weight excluding hydrogens is 268 g/mol. The summed E-state index contributed by atoms with van der Waals surface area (Å²) in [7, 11) is 0. The molecule has 1 heterocycles. The highest BCUT2D eigenvalue weighted by Gasteiger charge is 2.23. The van der Waals surface area contributed by atoms with Crippen molar-refractivity contribution < 1.29 is 4.74 Å². The van der Waals surface area contributed by atoms with Crippen LogP contribution >= 0.6 is 23.8 Å². The zero-order valence-electron chi connectivity index (χ0n) is 10.3. The molecule has 98 valence electrons. The SMILES string of the molecule is CC1OCCC1CNc1ccc(C(N)=S)c(Cl)c1. The van der Waals surface area contributed by atoms with E-state index >= 15 is 0 Å². The van der Waals surface area contributed by atoms with Crippen molar-refractivity contribution in [2.45, 2.75) is 19.4 Å². The number of ether oxygens (including phenoxy) is 1. The minimum absolute atomic E-state index is 0.323. The second-order valence-corrected chi connectivity index (χ2v) is 5.41. The smallest absolute Gasteiger partial charge is 0.105 e. The van der Waals surface area contributed by atoms with Crippen LogP contribution in [0.5, 0.6) is 0 Å². The lowest BCUT2D eigenvalue weighted by atomic mass is 10.0. The van der Waals surface area contributed by atoms with Crippen LogP contribution in [0.2, 0.25) is 5.02 Å². The highest BCUT2D eigenvalue weighted by atomic mass is 35.5. The number of anilines is 1. The maximum absolute atomic E-state index is 6.12. The Morgan fingerprint density at radius 1 is 1.61 bits per heavy atom. The molecule has 3 nitrogen and oxygen atoms in total. The van der Waals surface area contributed by atoms with E-state index in [9.17, 15) is 0 Å². The van der Waals surface area contributed by atoms with Crippen LogP contribution in [-0.2, 0) is 4.74 Å². The van der Waals surface area contributed by atoms with Gasteiger partial charge in [-0.05, 0) is 31.5 Å². The lowest BCUT2D eigenvalue weighted by Crippen LogP contribution is -2.20. The lowest BCUT2D eigenvalue weighted by molar-refractivity contribution is 0.108. The van der Waals surface area contributed by atoms with Crippen molar-refractivity contribution >= 4 is 34.5 Å². The summed E-state index contributed by atoms with van der Waals surface area (Å²) in [4.78, 5) is 0.323. The van der Waals surface area contributed by atoms with Gasteiger partial charge in [0.05, 0.1) is 11.1 Å². The van der Waals surface area contributed by atoms with Gasteiger partial charge in [0.15, 0.2) is 0 Å². The molecule has 18 heavy (non-hydrogen) atoms. The first-order chi connectivity index (χ1) is 8.58. The average Bonchev–Trinajstić information content (AvgIpc) is 2.72. The van der Waals surface area contributed by atoms with E-state index in [-0.39, 0.29) is 0 Å². The molecule has 0 aliphatic carbocycles. The second kappa shape index (κ2) is 5.87. The molecule has 2 atom stereocenters. The maximum atomic E-state index is 6.12. The number of rotatable bonds is 4. The molecule has 1 aromatic rings. The highest BCUT2D eigenvalue weighted by Crippen LogP contribution is 2.24. The third-order valence-corrected chi connectivity index (χ3v) is 3.87. The van der Waals surface area contributed by atoms with E-state index < -0.39 is 0 Å². The molecule has 5 heteroatoms. The summed E-state index contributed by atoms with van der Waals surface area (Å²) in [6.45, 7) is 3.86. The van der Waals surface area contributed by atoms with Gasteiger partial charge in [0, 0.05) is 30.3 Å². The summed E-state index contributed by atoms with van der Waals surface area (Å²) < 4.78 is 5.53. The van der Waals surface area contributed by atoms with Crippen molar-refractivity contribution in [1.29, 1.82) is 0 Å². The van der Waals surface area contributed by atoms with Gasteiger partial charge in [-0.15, -0.1) is 0 Å². The van der Waals surface area contributed by atoms with Crippen LogP contribution in [0, 0.1) is 5.92 Å². The summed E-state index contributed by atoms with van der Waals surface area (Å²) in [6, 6.07) is 5.65. The predicted octanol–water partition coefficient (Wildman–Crippen LogP) is 2.81. The summed E-state index contributed by atoms with van der Waals surface area (Å²) in [5.74, 6) is 0.555. The first-order valence-corrected chi connectivity index (χ1v) is 6.81. The minimum atomic E-state index is 0.323. The zero-order chi connectivity index (χ0) is 13.1. The number of hydrogen-bond donors (Lipinski definition) is 2. The van der Waals surface area contributed by atoms with Crippen molar-refractivity contribution in [1.82, 2.24) is 0 Å². The molecule has 3 N–H and O–H groups in total. The van der Waals surface area contributed by atoms with E-state index in [1.807, 2.05) is 18.2 Å². The fraction of sp³-hybridized carbons (Fsp3) is 0.462. The fourth-order valence-electron chi connectivity index (χ4n) is 2.12. The molecule has 0 bridgehead atoms. The van der Waals surface area contributed by atoms with E-state index in [1.54, 1.807) is 0 Å². The van der Waals surface area contributed by atoms with Crippen LogP contribution < -0.4 is 11.1 Å². The highest BCUT2D eigenvalue weighted by molar-refractivity contribution is 7.80.